The molecule has 1 atom stereocenters. The number of methoxy groups -OCH3 is 2. The number of rotatable bonds is 8. The molecule has 26 heavy (non-hydrogen) atoms. The van der Waals surface area contributed by atoms with Gasteiger partial charge in [-0.25, -0.2) is 9.78 Å². The summed E-state index contributed by atoms with van der Waals surface area (Å²) in [6, 6.07) is 4.58. The first-order chi connectivity index (χ1) is 12.4. The van der Waals surface area contributed by atoms with E-state index in [0.717, 1.165) is 11.8 Å². The summed E-state index contributed by atoms with van der Waals surface area (Å²) in [6.07, 6.45) is 0.613. The van der Waals surface area contributed by atoms with Gasteiger partial charge >= 0.3 is 5.97 Å². The van der Waals surface area contributed by atoms with Crippen molar-refractivity contribution in [2.24, 2.45) is 5.73 Å². The molecule has 0 radical (unpaired) electrons. The molecule has 0 spiro atoms. The fourth-order valence-corrected chi connectivity index (χ4v) is 3.20. The largest absolute Gasteiger partial charge is 0.465 e. The molecule has 8 nitrogen and oxygen atoms in total. The van der Waals surface area contributed by atoms with Crippen LogP contribution in [0.4, 0.5) is 0 Å². The summed E-state index contributed by atoms with van der Waals surface area (Å²) in [6.45, 7) is 2.52. The SMILES string of the molecule is COCCCn1c(S[C@H](C)C(N)=O)nc2cc(C(=O)OC)ccc2c1=O. The van der Waals surface area contributed by atoms with Gasteiger partial charge in [0, 0.05) is 20.3 Å². The molecule has 2 aromatic rings. The molecule has 0 aliphatic rings. The monoisotopic (exact) mass is 379 g/mol. The zero-order valence-corrected chi connectivity index (χ0v) is 15.7. The highest BCUT2D eigenvalue weighted by atomic mass is 32.2. The summed E-state index contributed by atoms with van der Waals surface area (Å²) >= 11 is 1.11. The van der Waals surface area contributed by atoms with Crippen LogP contribution in [0.15, 0.2) is 28.2 Å². The van der Waals surface area contributed by atoms with Crippen LogP contribution in [0.1, 0.15) is 23.7 Å². The standard InChI is InChI=1S/C17H21N3O5S/c1-10(14(18)21)26-17-19-13-9-11(16(23)25-3)5-6-12(13)15(22)20(17)7-4-8-24-2/h5-6,9-10H,4,7-8H2,1-3H3,(H2,18,21)/t10-/m1/s1. The van der Waals surface area contributed by atoms with Crippen molar-refractivity contribution in [3.05, 3.63) is 34.1 Å². The number of carbonyl (C=O) groups is 2. The Morgan fingerprint density at radius 2 is 2.08 bits per heavy atom. The van der Waals surface area contributed by atoms with Crippen molar-refractivity contribution in [2.45, 2.75) is 30.3 Å². The lowest BCUT2D eigenvalue weighted by atomic mass is 10.1. The van der Waals surface area contributed by atoms with Crippen LogP contribution in [0.5, 0.6) is 0 Å². The molecule has 2 rings (SSSR count). The Kier molecular flexibility index (Phi) is 6.76. The summed E-state index contributed by atoms with van der Waals surface area (Å²) in [5, 5.41) is 0.190. The van der Waals surface area contributed by atoms with Gasteiger partial charge in [0.1, 0.15) is 0 Å². The van der Waals surface area contributed by atoms with E-state index < -0.39 is 17.1 Å². The predicted molar refractivity (Wildman–Crippen MR) is 98.3 cm³/mol. The van der Waals surface area contributed by atoms with Gasteiger partial charge in [0.05, 0.1) is 28.8 Å². The Morgan fingerprint density at radius 1 is 1.35 bits per heavy atom. The maximum atomic E-state index is 12.9. The van der Waals surface area contributed by atoms with Crippen LogP contribution in [0.3, 0.4) is 0 Å². The second-order valence-electron chi connectivity index (χ2n) is 5.58. The molecule has 9 heteroatoms. The van der Waals surface area contributed by atoms with E-state index in [0.29, 0.717) is 41.2 Å². The molecule has 1 aromatic heterocycles. The van der Waals surface area contributed by atoms with E-state index in [1.54, 1.807) is 20.1 Å². The zero-order valence-electron chi connectivity index (χ0n) is 14.9. The summed E-state index contributed by atoms with van der Waals surface area (Å²) in [7, 11) is 2.87. The quantitative estimate of drug-likeness (QED) is 0.317. The van der Waals surface area contributed by atoms with Crippen LogP contribution in [0.2, 0.25) is 0 Å². The molecule has 0 aliphatic carbocycles. The fourth-order valence-electron chi connectivity index (χ4n) is 2.32. The molecule has 0 aliphatic heterocycles. The lowest BCUT2D eigenvalue weighted by molar-refractivity contribution is -0.117. The first kappa shape index (κ1) is 19.9. The van der Waals surface area contributed by atoms with E-state index in [9.17, 15) is 14.4 Å². The third-order valence-corrected chi connectivity index (χ3v) is 4.86. The van der Waals surface area contributed by atoms with Gasteiger partial charge in [-0.15, -0.1) is 0 Å². The van der Waals surface area contributed by atoms with Crippen molar-refractivity contribution in [2.75, 3.05) is 20.8 Å². The van der Waals surface area contributed by atoms with Crippen LogP contribution in [0.25, 0.3) is 10.9 Å². The van der Waals surface area contributed by atoms with E-state index in [2.05, 4.69) is 4.98 Å². The Hall–Kier alpha value is -2.39. The third kappa shape index (κ3) is 4.41. The molecule has 0 bridgehead atoms. The topological polar surface area (TPSA) is 114 Å². The first-order valence-corrected chi connectivity index (χ1v) is 8.84. The number of nitrogens with zero attached hydrogens (tertiary/aromatic N) is 2. The number of nitrogens with two attached hydrogens (primary N) is 1. The minimum Gasteiger partial charge on any atom is -0.465 e. The number of amides is 1. The number of aromatic nitrogens is 2. The van der Waals surface area contributed by atoms with Crippen molar-refractivity contribution >= 4 is 34.5 Å². The number of benzene rings is 1. The highest BCUT2D eigenvalue weighted by Crippen LogP contribution is 2.23. The average molecular weight is 379 g/mol. The van der Waals surface area contributed by atoms with E-state index >= 15 is 0 Å². The van der Waals surface area contributed by atoms with Gasteiger partial charge in [0.15, 0.2) is 5.16 Å². The van der Waals surface area contributed by atoms with Gasteiger partial charge in [-0.2, -0.15) is 0 Å². The Balaban J connectivity index is 2.57. The van der Waals surface area contributed by atoms with Crippen molar-refractivity contribution in [1.82, 2.24) is 9.55 Å². The van der Waals surface area contributed by atoms with Crippen molar-refractivity contribution in [3.8, 4) is 0 Å². The normalized spacial score (nSPS) is 12.1. The Bertz CT molecular complexity index is 881. The van der Waals surface area contributed by atoms with Gasteiger partial charge in [-0.05, 0) is 31.5 Å². The molecule has 0 fully saturated rings. The first-order valence-electron chi connectivity index (χ1n) is 7.96. The molecule has 0 saturated heterocycles. The van der Waals surface area contributed by atoms with Crippen molar-refractivity contribution in [3.63, 3.8) is 0 Å². The minimum atomic E-state index is -0.559. The van der Waals surface area contributed by atoms with Gasteiger partial charge in [0.2, 0.25) is 5.91 Å². The second kappa shape index (κ2) is 8.81. The molecule has 1 heterocycles. The number of esters is 1. The zero-order chi connectivity index (χ0) is 19.3. The number of ether oxygens (including phenoxy) is 2. The molecule has 2 N–H and O–H groups in total. The van der Waals surface area contributed by atoms with E-state index in [1.807, 2.05) is 0 Å². The van der Waals surface area contributed by atoms with Crippen molar-refractivity contribution in [1.29, 1.82) is 0 Å². The molecular formula is C17H21N3O5S. The number of hydrogen-bond acceptors (Lipinski definition) is 7. The summed E-state index contributed by atoms with van der Waals surface area (Å²) in [5.41, 5.74) is 5.74. The Morgan fingerprint density at radius 3 is 2.69 bits per heavy atom. The predicted octanol–water partition coefficient (Wildman–Crippen LogP) is 1.19. The fraction of sp³-hybridized carbons (Fsp3) is 0.412. The van der Waals surface area contributed by atoms with Gasteiger partial charge in [-0.3, -0.25) is 14.2 Å². The summed E-state index contributed by atoms with van der Waals surface area (Å²) in [5.74, 6) is -1.02. The lowest BCUT2D eigenvalue weighted by Gasteiger charge is -2.15. The number of hydrogen-bond donors (Lipinski definition) is 1. The van der Waals surface area contributed by atoms with E-state index in [-0.39, 0.29) is 5.56 Å². The van der Waals surface area contributed by atoms with Crippen molar-refractivity contribution < 1.29 is 19.1 Å². The van der Waals surface area contributed by atoms with Gasteiger partial charge in [-0.1, -0.05) is 11.8 Å². The third-order valence-electron chi connectivity index (χ3n) is 3.75. The number of carbonyl (C=O) groups excluding carboxylic acids is 2. The summed E-state index contributed by atoms with van der Waals surface area (Å²) in [4.78, 5) is 40.5. The van der Waals surface area contributed by atoms with Crippen LogP contribution in [0, 0.1) is 0 Å². The highest BCUT2D eigenvalue weighted by molar-refractivity contribution is 8.00. The number of primary amides is 1. The molecule has 1 amide bonds. The highest BCUT2D eigenvalue weighted by Gasteiger charge is 2.18. The van der Waals surface area contributed by atoms with E-state index in [4.69, 9.17) is 15.2 Å². The van der Waals surface area contributed by atoms with Gasteiger partial charge < -0.3 is 15.2 Å². The van der Waals surface area contributed by atoms with Crippen LogP contribution < -0.4 is 11.3 Å². The minimum absolute atomic E-state index is 0.248. The Labute approximate surface area is 154 Å². The molecular weight excluding hydrogens is 358 g/mol. The number of fused-ring (bicyclic) bond motifs is 1. The lowest BCUT2D eigenvalue weighted by Crippen LogP contribution is -2.27. The number of thioether (sulfide) groups is 1. The van der Waals surface area contributed by atoms with Gasteiger partial charge in [0.25, 0.3) is 5.56 Å². The molecule has 1 aromatic carbocycles. The van der Waals surface area contributed by atoms with E-state index in [1.165, 1.54) is 23.8 Å². The van der Waals surface area contributed by atoms with Crippen LogP contribution >= 0.6 is 11.8 Å². The smallest absolute Gasteiger partial charge is 0.337 e. The maximum absolute atomic E-state index is 12.9. The molecule has 0 saturated carbocycles. The summed E-state index contributed by atoms with van der Waals surface area (Å²) < 4.78 is 11.2. The second-order valence-corrected chi connectivity index (χ2v) is 6.89. The molecule has 140 valence electrons. The van der Waals surface area contributed by atoms with Crippen LogP contribution in [-0.2, 0) is 20.8 Å². The molecule has 0 unspecified atom stereocenters. The maximum Gasteiger partial charge on any atom is 0.337 e. The van der Waals surface area contributed by atoms with Crippen LogP contribution in [-0.4, -0.2) is 47.5 Å². The average Bonchev–Trinajstić information content (AvgIpc) is 2.63.